The molecular weight excluding hydrogens is 261 g/mol. The van der Waals surface area contributed by atoms with Crippen LogP contribution in [0, 0.1) is 19.7 Å². The molecule has 0 aromatic heterocycles. The van der Waals surface area contributed by atoms with Crippen molar-refractivity contribution in [3.63, 3.8) is 0 Å². The highest BCUT2D eigenvalue weighted by Gasteiger charge is 2.18. The second-order valence-corrected chi connectivity index (χ2v) is 5.10. The van der Waals surface area contributed by atoms with Gasteiger partial charge in [-0.3, -0.25) is 0 Å². The smallest absolute Gasteiger partial charge is 0.142 e. The Balaban J connectivity index is 2.53. The first-order valence-corrected chi connectivity index (χ1v) is 6.60. The first kappa shape index (κ1) is 14.0. The molecule has 1 atom stereocenters. The Morgan fingerprint density at radius 3 is 2.47 bits per heavy atom. The number of hydrogen-bond acceptors (Lipinski definition) is 1. The van der Waals surface area contributed by atoms with E-state index in [1.54, 1.807) is 6.07 Å². The Kier molecular flexibility index (Phi) is 4.23. The van der Waals surface area contributed by atoms with Crippen molar-refractivity contribution in [1.82, 2.24) is 5.32 Å². The van der Waals surface area contributed by atoms with E-state index in [9.17, 15) is 4.39 Å². The predicted molar refractivity (Wildman–Crippen MR) is 78.2 cm³/mol. The molecule has 1 nitrogen and oxygen atoms in total. The minimum atomic E-state index is -0.385. The molecule has 1 N–H and O–H groups in total. The van der Waals surface area contributed by atoms with Crippen LogP contribution in [-0.4, -0.2) is 7.05 Å². The standard InChI is InChI=1S/C16H17ClFN/c1-10-7-8-12(11(2)9-10)16(19-3)13-5-4-6-14(18)15(13)17/h4-9,16,19H,1-3H3. The fraction of sp³-hybridized carbons (Fsp3) is 0.250. The van der Waals surface area contributed by atoms with E-state index in [1.165, 1.54) is 17.2 Å². The van der Waals surface area contributed by atoms with E-state index in [2.05, 4.69) is 37.4 Å². The number of halogens is 2. The lowest BCUT2D eigenvalue weighted by atomic mass is 9.94. The van der Waals surface area contributed by atoms with E-state index >= 15 is 0 Å². The molecule has 0 aliphatic carbocycles. The van der Waals surface area contributed by atoms with Crippen LogP contribution in [0.4, 0.5) is 4.39 Å². The average Bonchev–Trinajstić information content (AvgIpc) is 2.37. The summed E-state index contributed by atoms with van der Waals surface area (Å²) in [5.41, 5.74) is 4.25. The first-order chi connectivity index (χ1) is 9.04. The van der Waals surface area contributed by atoms with Crippen LogP contribution in [0.2, 0.25) is 5.02 Å². The fourth-order valence-corrected chi connectivity index (χ4v) is 2.61. The van der Waals surface area contributed by atoms with Gasteiger partial charge >= 0.3 is 0 Å². The van der Waals surface area contributed by atoms with Gasteiger partial charge in [-0.1, -0.05) is 47.5 Å². The van der Waals surface area contributed by atoms with Crippen LogP contribution in [0.5, 0.6) is 0 Å². The summed E-state index contributed by atoms with van der Waals surface area (Å²) in [7, 11) is 1.85. The molecule has 0 amide bonds. The molecule has 2 aromatic carbocycles. The number of nitrogens with one attached hydrogen (secondary N) is 1. The third-order valence-electron chi connectivity index (χ3n) is 3.32. The topological polar surface area (TPSA) is 12.0 Å². The van der Waals surface area contributed by atoms with Crippen LogP contribution in [0.25, 0.3) is 0 Å². The monoisotopic (exact) mass is 277 g/mol. The Morgan fingerprint density at radius 2 is 1.84 bits per heavy atom. The van der Waals surface area contributed by atoms with Crippen molar-refractivity contribution in [3.8, 4) is 0 Å². The SMILES string of the molecule is CNC(c1ccc(C)cc1C)c1cccc(F)c1Cl. The zero-order chi connectivity index (χ0) is 14.0. The summed E-state index contributed by atoms with van der Waals surface area (Å²) in [5, 5.41) is 3.39. The second kappa shape index (κ2) is 5.72. The van der Waals surface area contributed by atoms with Crippen molar-refractivity contribution in [2.75, 3.05) is 7.05 Å². The molecule has 0 radical (unpaired) electrons. The molecule has 0 heterocycles. The maximum Gasteiger partial charge on any atom is 0.142 e. The van der Waals surface area contributed by atoms with Crippen molar-refractivity contribution >= 4 is 11.6 Å². The zero-order valence-electron chi connectivity index (χ0n) is 11.3. The Bertz CT molecular complexity index is 595. The van der Waals surface area contributed by atoms with E-state index in [1.807, 2.05) is 13.1 Å². The molecule has 0 spiro atoms. The molecule has 3 heteroatoms. The number of rotatable bonds is 3. The van der Waals surface area contributed by atoms with Gasteiger partial charge in [-0.25, -0.2) is 4.39 Å². The summed E-state index contributed by atoms with van der Waals surface area (Å²) >= 11 is 6.09. The van der Waals surface area contributed by atoms with Gasteiger partial charge in [0.25, 0.3) is 0 Å². The van der Waals surface area contributed by atoms with Crippen molar-refractivity contribution in [3.05, 3.63) is 69.5 Å². The largest absolute Gasteiger partial charge is 0.309 e. The lowest BCUT2D eigenvalue weighted by molar-refractivity contribution is 0.617. The maximum absolute atomic E-state index is 13.6. The minimum Gasteiger partial charge on any atom is -0.309 e. The van der Waals surface area contributed by atoms with E-state index in [0.29, 0.717) is 0 Å². The van der Waals surface area contributed by atoms with Gasteiger partial charge in [-0.15, -0.1) is 0 Å². The van der Waals surface area contributed by atoms with Gasteiger partial charge in [0, 0.05) is 0 Å². The Labute approximate surface area is 118 Å². The summed E-state index contributed by atoms with van der Waals surface area (Å²) in [5.74, 6) is -0.385. The molecule has 19 heavy (non-hydrogen) atoms. The summed E-state index contributed by atoms with van der Waals surface area (Å²) in [4.78, 5) is 0. The Hall–Kier alpha value is -1.38. The Morgan fingerprint density at radius 1 is 1.11 bits per heavy atom. The molecule has 0 bridgehead atoms. The van der Waals surface area contributed by atoms with Crippen molar-refractivity contribution in [2.24, 2.45) is 0 Å². The normalized spacial score (nSPS) is 12.5. The van der Waals surface area contributed by atoms with E-state index in [4.69, 9.17) is 11.6 Å². The lowest BCUT2D eigenvalue weighted by Gasteiger charge is -2.21. The summed E-state index contributed by atoms with van der Waals surface area (Å²) in [6, 6.07) is 11.0. The quantitative estimate of drug-likeness (QED) is 0.876. The molecule has 2 aromatic rings. The highest BCUT2D eigenvalue weighted by molar-refractivity contribution is 6.31. The molecule has 0 saturated carbocycles. The van der Waals surface area contributed by atoms with Gasteiger partial charge in [-0.2, -0.15) is 0 Å². The summed E-state index contributed by atoms with van der Waals surface area (Å²) in [6.07, 6.45) is 0. The fourth-order valence-electron chi connectivity index (χ4n) is 2.37. The predicted octanol–water partition coefficient (Wildman–Crippen LogP) is 4.40. The molecule has 0 saturated heterocycles. The molecule has 0 aliphatic rings. The van der Waals surface area contributed by atoms with Gasteiger partial charge in [0.05, 0.1) is 11.1 Å². The van der Waals surface area contributed by atoms with Gasteiger partial charge in [-0.05, 0) is 43.7 Å². The second-order valence-electron chi connectivity index (χ2n) is 4.72. The van der Waals surface area contributed by atoms with Crippen LogP contribution in [0.3, 0.4) is 0 Å². The zero-order valence-corrected chi connectivity index (χ0v) is 12.1. The van der Waals surface area contributed by atoms with Crippen LogP contribution in [0.1, 0.15) is 28.3 Å². The van der Waals surface area contributed by atoms with E-state index < -0.39 is 0 Å². The van der Waals surface area contributed by atoms with Crippen molar-refractivity contribution < 1.29 is 4.39 Å². The summed E-state index contributed by atoms with van der Waals surface area (Å²) < 4.78 is 13.6. The minimum absolute atomic E-state index is 0.108. The third kappa shape index (κ3) is 2.80. The number of hydrogen-bond donors (Lipinski definition) is 1. The summed E-state index contributed by atoms with van der Waals surface area (Å²) in [6.45, 7) is 4.11. The maximum atomic E-state index is 13.6. The third-order valence-corrected chi connectivity index (χ3v) is 3.72. The van der Waals surface area contributed by atoms with Gasteiger partial charge in [0.15, 0.2) is 0 Å². The van der Waals surface area contributed by atoms with Crippen LogP contribution in [-0.2, 0) is 0 Å². The molecular formula is C16H17ClFN. The van der Waals surface area contributed by atoms with Gasteiger partial charge < -0.3 is 5.32 Å². The van der Waals surface area contributed by atoms with Crippen LogP contribution < -0.4 is 5.32 Å². The first-order valence-electron chi connectivity index (χ1n) is 6.23. The highest BCUT2D eigenvalue weighted by Crippen LogP contribution is 2.31. The molecule has 1 unspecified atom stereocenters. The number of benzene rings is 2. The van der Waals surface area contributed by atoms with E-state index in [-0.39, 0.29) is 16.9 Å². The molecule has 2 rings (SSSR count). The van der Waals surface area contributed by atoms with Crippen LogP contribution in [0.15, 0.2) is 36.4 Å². The van der Waals surface area contributed by atoms with Crippen LogP contribution >= 0.6 is 11.6 Å². The average molecular weight is 278 g/mol. The molecule has 0 fully saturated rings. The lowest BCUT2D eigenvalue weighted by Crippen LogP contribution is -2.19. The van der Waals surface area contributed by atoms with Gasteiger partial charge in [0.2, 0.25) is 0 Å². The van der Waals surface area contributed by atoms with Crippen molar-refractivity contribution in [1.29, 1.82) is 0 Å². The van der Waals surface area contributed by atoms with Gasteiger partial charge in [0.1, 0.15) is 5.82 Å². The van der Waals surface area contributed by atoms with E-state index in [0.717, 1.165) is 11.1 Å². The molecule has 0 aliphatic heterocycles. The van der Waals surface area contributed by atoms with Crippen molar-refractivity contribution in [2.45, 2.75) is 19.9 Å². The number of aryl methyl sites for hydroxylation is 2. The molecule has 100 valence electrons. The highest BCUT2D eigenvalue weighted by atomic mass is 35.5.